The Kier molecular flexibility index (Phi) is 9.19. The van der Waals surface area contributed by atoms with E-state index in [0.717, 1.165) is 11.8 Å². The van der Waals surface area contributed by atoms with Gasteiger partial charge < -0.3 is 24.5 Å². The molecule has 11 nitrogen and oxygen atoms in total. The molecule has 0 radical (unpaired) electrons. The number of carboxylic acid groups (broad SMARTS) is 1. The Balaban J connectivity index is 1.35. The van der Waals surface area contributed by atoms with Gasteiger partial charge in [0.2, 0.25) is 0 Å². The van der Waals surface area contributed by atoms with Gasteiger partial charge in [0.05, 0.1) is 11.9 Å². The molecule has 0 spiro atoms. The highest BCUT2D eigenvalue weighted by molar-refractivity contribution is 5.97. The van der Waals surface area contributed by atoms with Crippen molar-refractivity contribution in [1.82, 2.24) is 14.9 Å². The fourth-order valence-electron chi connectivity index (χ4n) is 3.90. The van der Waals surface area contributed by atoms with Gasteiger partial charge in [0.1, 0.15) is 11.6 Å². The molecular formula is C31H29FN4O7. The first kappa shape index (κ1) is 30.4. The van der Waals surface area contributed by atoms with Crippen LogP contribution in [0.25, 0.3) is 5.69 Å². The van der Waals surface area contributed by atoms with E-state index in [0.29, 0.717) is 5.69 Å². The summed E-state index contributed by atoms with van der Waals surface area (Å²) in [6.07, 6.45) is 4.07. The predicted molar refractivity (Wildman–Crippen MR) is 154 cm³/mol. The Labute approximate surface area is 246 Å². The van der Waals surface area contributed by atoms with Crippen LogP contribution < -0.4 is 15.4 Å². The van der Waals surface area contributed by atoms with Gasteiger partial charge in [-0.15, -0.1) is 0 Å². The van der Waals surface area contributed by atoms with Crippen molar-refractivity contribution < 1.29 is 38.1 Å². The zero-order valence-corrected chi connectivity index (χ0v) is 23.5. The van der Waals surface area contributed by atoms with Gasteiger partial charge in [-0.05, 0) is 87.0 Å². The summed E-state index contributed by atoms with van der Waals surface area (Å²) < 4.78 is 26.9. The standard InChI is InChI=1S/C31H29FN4O7/c1-31(2,3)43-30(41)34-22-9-5-20(6-10-22)27(37)35-25(28(38)39)17-19-4-13-26(24(32)16-19)42-29(40)21-7-11-23(12-8-21)36-15-14-33-18-36/h4-16,18,25H,17H2,1-3H3,(H,34,41)(H,35,37)(H,38,39). The fourth-order valence-corrected chi connectivity index (χ4v) is 3.90. The number of carbonyl (C=O) groups is 4. The average molecular weight is 589 g/mol. The minimum absolute atomic E-state index is 0.146. The van der Waals surface area contributed by atoms with Gasteiger partial charge in [-0.25, -0.2) is 23.8 Å². The van der Waals surface area contributed by atoms with E-state index >= 15 is 0 Å². The summed E-state index contributed by atoms with van der Waals surface area (Å²) in [7, 11) is 0. The first-order valence-electron chi connectivity index (χ1n) is 13.1. The van der Waals surface area contributed by atoms with Crippen molar-refractivity contribution in [2.24, 2.45) is 0 Å². The molecule has 1 heterocycles. The number of nitrogens with one attached hydrogen (secondary N) is 2. The van der Waals surface area contributed by atoms with Crippen LogP contribution in [0.2, 0.25) is 0 Å². The minimum Gasteiger partial charge on any atom is -0.480 e. The molecule has 0 fully saturated rings. The molecule has 0 saturated carbocycles. The molecule has 4 aromatic rings. The monoisotopic (exact) mass is 588 g/mol. The number of halogens is 1. The number of carboxylic acids is 1. The molecule has 43 heavy (non-hydrogen) atoms. The second kappa shape index (κ2) is 13.0. The van der Waals surface area contributed by atoms with Gasteiger partial charge in [-0.2, -0.15) is 0 Å². The Morgan fingerprint density at radius 1 is 0.977 bits per heavy atom. The van der Waals surface area contributed by atoms with E-state index in [1.165, 1.54) is 48.5 Å². The lowest BCUT2D eigenvalue weighted by Crippen LogP contribution is -2.42. The van der Waals surface area contributed by atoms with Crippen LogP contribution in [0.15, 0.2) is 85.5 Å². The molecule has 0 bridgehead atoms. The number of anilines is 1. The molecule has 4 rings (SSSR count). The zero-order valence-electron chi connectivity index (χ0n) is 23.5. The highest BCUT2D eigenvalue weighted by atomic mass is 19.1. The number of hydrogen-bond donors (Lipinski definition) is 3. The van der Waals surface area contributed by atoms with Gasteiger partial charge >= 0.3 is 18.0 Å². The first-order valence-corrected chi connectivity index (χ1v) is 13.1. The normalized spacial score (nSPS) is 11.7. The number of amides is 2. The smallest absolute Gasteiger partial charge is 0.412 e. The Morgan fingerprint density at radius 3 is 2.23 bits per heavy atom. The lowest BCUT2D eigenvalue weighted by atomic mass is 10.0. The van der Waals surface area contributed by atoms with Gasteiger partial charge in [-0.1, -0.05) is 6.07 Å². The van der Waals surface area contributed by atoms with Crippen molar-refractivity contribution >= 4 is 29.6 Å². The van der Waals surface area contributed by atoms with E-state index < -0.39 is 41.4 Å². The molecule has 12 heteroatoms. The van der Waals surface area contributed by atoms with Gasteiger partial charge in [0, 0.05) is 35.8 Å². The van der Waals surface area contributed by atoms with Crippen LogP contribution in [-0.4, -0.2) is 50.2 Å². The maximum atomic E-state index is 14.8. The van der Waals surface area contributed by atoms with Crippen LogP contribution in [0.4, 0.5) is 14.9 Å². The van der Waals surface area contributed by atoms with Crippen molar-refractivity contribution in [2.75, 3.05) is 5.32 Å². The Bertz CT molecular complexity index is 1610. The lowest BCUT2D eigenvalue weighted by Gasteiger charge is -2.19. The van der Waals surface area contributed by atoms with Crippen LogP contribution in [0.1, 0.15) is 47.1 Å². The molecule has 0 saturated heterocycles. The van der Waals surface area contributed by atoms with Crippen LogP contribution in [0, 0.1) is 5.82 Å². The lowest BCUT2D eigenvalue weighted by molar-refractivity contribution is -0.139. The third kappa shape index (κ3) is 8.49. The van der Waals surface area contributed by atoms with Crippen molar-refractivity contribution in [3.8, 4) is 11.4 Å². The summed E-state index contributed by atoms with van der Waals surface area (Å²) in [6, 6.07) is 14.5. The molecule has 0 aliphatic carbocycles. The molecule has 1 unspecified atom stereocenters. The first-order chi connectivity index (χ1) is 20.4. The quantitative estimate of drug-likeness (QED) is 0.183. The molecular weight excluding hydrogens is 559 g/mol. The summed E-state index contributed by atoms with van der Waals surface area (Å²) >= 11 is 0. The maximum Gasteiger partial charge on any atom is 0.412 e. The number of hydrogen-bond acceptors (Lipinski definition) is 7. The molecule has 1 atom stereocenters. The molecule has 1 aromatic heterocycles. The molecule has 0 aliphatic heterocycles. The average Bonchev–Trinajstić information content (AvgIpc) is 3.48. The largest absolute Gasteiger partial charge is 0.480 e. The number of rotatable bonds is 9. The maximum absolute atomic E-state index is 14.8. The van der Waals surface area contributed by atoms with E-state index in [4.69, 9.17) is 9.47 Å². The second-order valence-electron chi connectivity index (χ2n) is 10.4. The van der Waals surface area contributed by atoms with Crippen molar-refractivity contribution in [3.05, 3.63) is 108 Å². The molecule has 3 N–H and O–H groups in total. The number of nitrogens with zero attached hydrogens (tertiary/aromatic N) is 2. The molecule has 3 aromatic carbocycles. The SMILES string of the molecule is CC(C)(C)OC(=O)Nc1ccc(C(=O)NC(Cc2ccc(OC(=O)c3ccc(-n4ccnc4)cc3)c(F)c2)C(=O)O)cc1. The van der Waals surface area contributed by atoms with Gasteiger partial charge in [0.25, 0.3) is 5.91 Å². The highest BCUT2D eigenvalue weighted by Gasteiger charge is 2.23. The van der Waals surface area contributed by atoms with Crippen molar-refractivity contribution in [3.63, 3.8) is 0 Å². The van der Waals surface area contributed by atoms with Crippen LogP contribution in [0.5, 0.6) is 5.75 Å². The number of imidazole rings is 1. The molecule has 0 aliphatic rings. The summed E-state index contributed by atoms with van der Waals surface area (Å²) in [5.74, 6) is -3.98. The molecule has 2 amide bonds. The highest BCUT2D eigenvalue weighted by Crippen LogP contribution is 2.21. The van der Waals surface area contributed by atoms with E-state index in [2.05, 4.69) is 15.6 Å². The van der Waals surface area contributed by atoms with Crippen LogP contribution >= 0.6 is 0 Å². The topological polar surface area (TPSA) is 149 Å². The summed E-state index contributed by atoms with van der Waals surface area (Å²) in [5.41, 5.74) is 1.08. The summed E-state index contributed by atoms with van der Waals surface area (Å²) in [6.45, 7) is 5.17. The van der Waals surface area contributed by atoms with E-state index in [9.17, 15) is 28.7 Å². The minimum atomic E-state index is -1.38. The Morgan fingerprint density at radius 2 is 1.65 bits per heavy atom. The van der Waals surface area contributed by atoms with Crippen LogP contribution in [-0.2, 0) is 16.0 Å². The third-order valence-electron chi connectivity index (χ3n) is 5.94. The molecule has 222 valence electrons. The van der Waals surface area contributed by atoms with E-state index in [-0.39, 0.29) is 28.9 Å². The predicted octanol–water partition coefficient (Wildman–Crippen LogP) is 5.00. The van der Waals surface area contributed by atoms with Gasteiger partial charge in [-0.3, -0.25) is 10.1 Å². The third-order valence-corrected chi connectivity index (χ3v) is 5.94. The van der Waals surface area contributed by atoms with Crippen LogP contribution in [0.3, 0.4) is 0 Å². The second-order valence-corrected chi connectivity index (χ2v) is 10.4. The number of esters is 1. The van der Waals surface area contributed by atoms with E-state index in [1.807, 2.05) is 0 Å². The van der Waals surface area contributed by atoms with Crippen molar-refractivity contribution in [2.45, 2.75) is 38.8 Å². The number of aliphatic carboxylic acids is 1. The Hall–Kier alpha value is -5.52. The number of ether oxygens (including phenoxy) is 2. The fraction of sp³-hybridized carbons (Fsp3) is 0.194. The summed E-state index contributed by atoms with van der Waals surface area (Å²) in [5, 5.41) is 14.6. The number of benzene rings is 3. The number of aromatic nitrogens is 2. The zero-order chi connectivity index (χ0) is 31.1. The number of carbonyl (C=O) groups excluding carboxylic acids is 3. The van der Waals surface area contributed by atoms with Crippen molar-refractivity contribution in [1.29, 1.82) is 0 Å². The van der Waals surface area contributed by atoms with Gasteiger partial charge in [0.15, 0.2) is 11.6 Å². The summed E-state index contributed by atoms with van der Waals surface area (Å²) in [4.78, 5) is 53.0. The van der Waals surface area contributed by atoms with E-state index in [1.54, 1.807) is 56.2 Å².